The van der Waals surface area contributed by atoms with Gasteiger partial charge in [-0.1, -0.05) is 47.3 Å². The lowest BCUT2D eigenvalue weighted by Crippen LogP contribution is -2.17. The molecule has 2 nitrogen and oxygen atoms in total. The Kier molecular flexibility index (Phi) is 5.09. The van der Waals surface area contributed by atoms with Crippen molar-refractivity contribution in [3.05, 3.63) is 39.1 Å². The highest BCUT2D eigenvalue weighted by Crippen LogP contribution is 2.38. The molecule has 1 atom stereocenters. The maximum absolute atomic E-state index is 5.78. The summed E-state index contributed by atoms with van der Waals surface area (Å²) in [6.45, 7) is 0. The van der Waals surface area contributed by atoms with E-state index in [2.05, 4.69) is 45.6 Å². The van der Waals surface area contributed by atoms with Crippen molar-refractivity contribution in [2.24, 2.45) is 5.92 Å². The Balaban J connectivity index is 1.80. The van der Waals surface area contributed by atoms with Crippen LogP contribution in [0.2, 0.25) is 0 Å². The van der Waals surface area contributed by atoms with Gasteiger partial charge in [-0.05, 0) is 30.9 Å². The van der Waals surface area contributed by atoms with Crippen molar-refractivity contribution < 1.29 is 4.74 Å². The summed E-state index contributed by atoms with van der Waals surface area (Å²) in [6, 6.07) is 8.32. The number of hydrogen-bond acceptors (Lipinski definition) is 3. The summed E-state index contributed by atoms with van der Waals surface area (Å²) in [7, 11) is 1.82. The molecule has 0 amide bonds. The Labute approximate surface area is 138 Å². The van der Waals surface area contributed by atoms with Gasteiger partial charge < -0.3 is 4.74 Å². The summed E-state index contributed by atoms with van der Waals surface area (Å²) < 4.78 is 6.88. The molecule has 112 valence electrons. The summed E-state index contributed by atoms with van der Waals surface area (Å²) in [4.78, 5) is 4.83. The molecule has 1 heterocycles. The smallest absolute Gasteiger partial charge is 0.122 e. The molecule has 1 aliphatic rings. The van der Waals surface area contributed by atoms with E-state index in [1.807, 2.05) is 7.11 Å². The molecule has 0 N–H and O–H groups in total. The van der Waals surface area contributed by atoms with Crippen molar-refractivity contribution in [3.63, 3.8) is 0 Å². The maximum Gasteiger partial charge on any atom is 0.122 e. The van der Waals surface area contributed by atoms with E-state index in [0.29, 0.717) is 5.92 Å². The molecule has 1 aromatic heterocycles. The molecule has 1 aromatic carbocycles. The summed E-state index contributed by atoms with van der Waals surface area (Å²) >= 11 is 5.20. The van der Waals surface area contributed by atoms with E-state index in [1.54, 1.807) is 11.3 Å². The Bertz CT molecular complexity index is 575. The van der Waals surface area contributed by atoms with E-state index < -0.39 is 0 Å². The molecular formula is C17H20BrNOS. The van der Waals surface area contributed by atoms with Crippen LogP contribution in [0.15, 0.2) is 34.1 Å². The van der Waals surface area contributed by atoms with E-state index in [-0.39, 0.29) is 6.10 Å². The normalized spacial score (nSPS) is 17.8. The maximum atomic E-state index is 5.78. The van der Waals surface area contributed by atoms with Crippen LogP contribution >= 0.6 is 27.3 Å². The molecule has 2 aromatic rings. The molecule has 1 aliphatic carbocycles. The second kappa shape index (κ2) is 7.03. The molecule has 0 spiro atoms. The predicted octanol–water partition coefficient (Wildman–Crippen LogP) is 5.84. The standard InChI is InChI=1S/C17H20BrNOS/c1-20-16(13-5-3-2-4-6-13)17-19-15(11-21-17)12-7-9-14(18)10-8-12/h7-11,13,16H,2-6H2,1H3. The van der Waals surface area contributed by atoms with Gasteiger partial charge in [-0.3, -0.25) is 0 Å². The zero-order chi connectivity index (χ0) is 14.7. The zero-order valence-electron chi connectivity index (χ0n) is 12.2. The van der Waals surface area contributed by atoms with Gasteiger partial charge in [0.05, 0.1) is 5.69 Å². The van der Waals surface area contributed by atoms with Crippen LogP contribution in [0.1, 0.15) is 43.2 Å². The third kappa shape index (κ3) is 3.55. The van der Waals surface area contributed by atoms with E-state index >= 15 is 0 Å². The van der Waals surface area contributed by atoms with Gasteiger partial charge in [0.15, 0.2) is 0 Å². The molecule has 0 radical (unpaired) electrons. The Hall–Kier alpha value is -0.710. The van der Waals surface area contributed by atoms with Gasteiger partial charge in [0.1, 0.15) is 11.1 Å². The fourth-order valence-corrected chi connectivity index (χ4v) is 4.36. The summed E-state index contributed by atoms with van der Waals surface area (Å²) in [6.07, 6.45) is 6.73. The molecular weight excluding hydrogens is 346 g/mol. The van der Waals surface area contributed by atoms with Crippen molar-refractivity contribution >= 4 is 27.3 Å². The number of halogens is 1. The minimum Gasteiger partial charge on any atom is -0.374 e. The van der Waals surface area contributed by atoms with Crippen LogP contribution in [-0.2, 0) is 4.74 Å². The minimum absolute atomic E-state index is 0.166. The average molecular weight is 366 g/mol. The molecule has 1 fully saturated rings. The fourth-order valence-electron chi connectivity index (χ4n) is 3.10. The largest absolute Gasteiger partial charge is 0.374 e. The molecule has 0 saturated heterocycles. The van der Waals surface area contributed by atoms with Crippen LogP contribution in [-0.4, -0.2) is 12.1 Å². The van der Waals surface area contributed by atoms with E-state index in [0.717, 1.165) is 15.2 Å². The van der Waals surface area contributed by atoms with Crippen LogP contribution in [0, 0.1) is 5.92 Å². The number of rotatable bonds is 4. The van der Waals surface area contributed by atoms with Crippen LogP contribution in [0.4, 0.5) is 0 Å². The summed E-state index contributed by atoms with van der Waals surface area (Å²) in [5.41, 5.74) is 2.22. The van der Waals surface area contributed by atoms with Crippen molar-refractivity contribution in [1.29, 1.82) is 0 Å². The van der Waals surface area contributed by atoms with Crippen molar-refractivity contribution in [3.8, 4) is 11.3 Å². The van der Waals surface area contributed by atoms with Crippen LogP contribution in [0.25, 0.3) is 11.3 Å². The fraction of sp³-hybridized carbons (Fsp3) is 0.471. The number of thiazole rings is 1. The van der Waals surface area contributed by atoms with Crippen molar-refractivity contribution in [2.75, 3.05) is 7.11 Å². The van der Waals surface area contributed by atoms with Gasteiger partial charge in [0.2, 0.25) is 0 Å². The van der Waals surface area contributed by atoms with E-state index in [1.165, 1.54) is 37.7 Å². The Morgan fingerprint density at radius 3 is 2.57 bits per heavy atom. The topological polar surface area (TPSA) is 22.1 Å². The van der Waals surface area contributed by atoms with Crippen molar-refractivity contribution in [2.45, 2.75) is 38.2 Å². The number of aromatic nitrogens is 1. The molecule has 4 heteroatoms. The van der Waals surface area contributed by atoms with Crippen molar-refractivity contribution in [1.82, 2.24) is 4.98 Å². The van der Waals surface area contributed by atoms with Gasteiger partial charge in [0.25, 0.3) is 0 Å². The first-order valence-electron chi connectivity index (χ1n) is 7.52. The molecule has 1 unspecified atom stereocenters. The lowest BCUT2D eigenvalue weighted by molar-refractivity contribution is 0.0353. The second-order valence-electron chi connectivity index (χ2n) is 5.63. The zero-order valence-corrected chi connectivity index (χ0v) is 14.6. The second-order valence-corrected chi connectivity index (χ2v) is 7.44. The van der Waals surface area contributed by atoms with Crippen LogP contribution in [0.3, 0.4) is 0 Å². The molecule has 3 rings (SSSR count). The van der Waals surface area contributed by atoms with Gasteiger partial charge >= 0.3 is 0 Å². The van der Waals surface area contributed by atoms with Gasteiger partial charge in [-0.15, -0.1) is 11.3 Å². The summed E-state index contributed by atoms with van der Waals surface area (Å²) in [5, 5.41) is 3.27. The number of benzene rings is 1. The van der Waals surface area contributed by atoms with Gasteiger partial charge in [-0.2, -0.15) is 0 Å². The first kappa shape index (κ1) is 15.2. The Morgan fingerprint density at radius 1 is 1.19 bits per heavy atom. The van der Waals surface area contributed by atoms with E-state index in [9.17, 15) is 0 Å². The molecule has 1 saturated carbocycles. The molecule has 0 bridgehead atoms. The minimum atomic E-state index is 0.166. The first-order chi connectivity index (χ1) is 10.3. The highest BCUT2D eigenvalue weighted by Gasteiger charge is 2.27. The lowest BCUT2D eigenvalue weighted by atomic mass is 9.85. The lowest BCUT2D eigenvalue weighted by Gasteiger charge is -2.27. The average Bonchev–Trinajstić information content (AvgIpc) is 2.99. The highest BCUT2D eigenvalue weighted by atomic mass is 79.9. The number of ether oxygens (including phenoxy) is 1. The first-order valence-corrected chi connectivity index (χ1v) is 9.19. The third-order valence-corrected chi connectivity index (χ3v) is 5.67. The summed E-state index contributed by atoms with van der Waals surface area (Å²) in [5.74, 6) is 0.632. The van der Waals surface area contributed by atoms with Crippen LogP contribution in [0.5, 0.6) is 0 Å². The molecule has 0 aliphatic heterocycles. The van der Waals surface area contributed by atoms with Crippen LogP contribution < -0.4 is 0 Å². The van der Waals surface area contributed by atoms with Gasteiger partial charge in [-0.25, -0.2) is 4.98 Å². The van der Waals surface area contributed by atoms with Gasteiger partial charge in [0, 0.05) is 22.5 Å². The quantitative estimate of drug-likeness (QED) is 0.678. The third-order valence-electron chi connectivity index (χ3n) is 4.24. The van der Waals surface area contributed by atoms with E-state index in [4.69, 9.17) is 9.72 Å². The highest BCUT2D eigenvalue weighted by molar-refractivity contribution is 9.10. The molecule has 21 heavy (non-hydrogen) atoms. The monoisotopic (exact) mass is 365 g/mol. The number of methoxy groups -OCH3 is 1. The Morgan fingerprint density at radius 2 is 1.90 bits per heavy atom. The predicted molar refractivity (Wildman–Crippen MR) is 91.6 cm³/mol. The number of hydrogen-bond donors (Lipinski definition) is 0. The number of nitrogens with zero attached hydrogens (tertiary/aromatic N) is 1. The SMILES string of the molecule is COC(c1nc(-c2ccc(Br)cc2)cs1)C1CCCCC1.